The number of methoxy groups -OCH3 is 2. The van der Waals surface area contributed by atoms with Gasteiger partial charge < -0.3 is 14.8 Å². The lowest BCUT2D eigenvalue weighted by atomic mass is 9.88. The molecule has 1 aliphatic rings. The number of ether oxygens (including phenoxy) is 2. The van der Waals surface area contributed by atoms with Crippen molar-refractivity contribution in [2.24, 2.45) is 5.41 Å². The molecule has 4 heteroatoms. The third kappa shape index (κ3) is 4.06. The highest BCUT2D eigenvalue weighted by atomic mass is 32.2. The maximum atomic E-state index is 5.44. The average molecular weight is 295 g/mol. The van der Waals surface area contributed by atoms with Gasteiger partial charge in [-0.1, -0.05) is 19.9 Å². The molecule has 1 atom stereocenters. The van der Waals surface area contributed by atoms with E-state index >= 15 is 0 Å². The van der Waals surface area contributed by atoms with Crippen LogP contribution >= 0.6 is 11.8 Å². The Bertz CT molecular complexity index is 448. The Morgan fingerprint density at radius 3 is 2.75 bits per heavy atom. The van der Waals surface area contributed by atoms with Crippen LogP contribution in [0, 0.1) is 5.41 Å². The van der Waals surface area contributed by atoms with Gasteiger partial charge in [-0.3, -0.25) is 0 Å². The van der Waals surface area contributed by atoms with Crippen molar-refractivity contribution >= 4 is 11.8 Å². The molecule has 1 unspecified atom stereocenters. The molecule has 0 bridgehead atoms. The fourth-order valence-electron chi connectivity index (χ4n) is 2.65. The van der Waals surface area contributed by atoms with Crippen molar-refractivity contribution in [1.29, 1.82) is 0 Å². The van der Waals surface area contributed by atoms with Crippen molar-refractivity contribution in [3.63, 3.8) is 0 Å². The third-order valence-corrected chi connectivity index (χ3v) is 5.31. The molecular formula is C16H25NO2S. The summed E-state index contributed by atoms with van der Waals surface area (Å²) in [7, 11) is 3.38. The van der Waals surface area contributed by atoms with Gasteiger partial charge in [-0.05, 0) is 23.7 Å². The van der Waals surface area contributed by atoms with Gasteiger partial charge in [0.05, 0.1) is 14.2 Å². The Kier molecular flexibility index (Phi) is 5.22. The van der Waals surface area contributed by atoms with Gasteiger partial charge >= 0.3 is 0 Å². The molecule has 1 N–H and O–H groups in total. The Morgan fingerprint density at radius 2 is 2.10 bits per heavy atom. The lowest BCUT2D eigenvalue weighted by Crippen LogP contribution is -2.40. The van der Waals surface area contributed by atoms with Gasteiger partial charge in [-0.15, -0.1) is 0 Å². The highest BCUT2D eigenvalue weighted by Crippen LogP contribution is 2.33. The zero-order valence-electron chi connectivity index (χ0n) is 12.9. The minimum Gasteiger partial charge on any atom is -0.497 e. The second-order valence-electron chi connectivity index (χ2n) is 6.14. The van der Waals surface area contributed by atoms with Gasteiger partial charge in [-0.25, -0.2) is 0 Å². The second kappa shape index (κ2) is 6.72. The zero-order valence-corrected chi connectivity index (χ0v) is 13.7. The molecule has 0 saturated carbocycles. The smallest absolute Gasteiger partial charge is 0.127 e. The van der Waals surface area contributed by atoms with E-state index in [9.17, 15) is 0 Å². The maximum Gasteiger partial charge on any atom is 0.127 e. The molecule has 1 heterocycles. The van der Waals surface area contributed by atoms with Crippen LogP contribution in [-0.2, 0) is 6.54 Å². The first-order valence-corrected chi connectivity index (χ1v) is 8.21. The van der Waals surface area contributed by atoms with E-state index in [0.717, 1.165) is 18.0 Å². The standard InChI is InChI=1S/C16H25NO2S/c1-16(2)8-13(10-20-11-16)17-9-12-5-6-14(18-3)7-15(12)19-4/h5-7,13,17H,8-11H2,1-4H3. The first-order chi connectivity index (χ1) is 9.54. The van der Waals surface area contributed by atoms with Crippen molar-refractivity contribution in [2.75, 3.05) is 25.7 Å². The number of hydrogen-bond donors (Lipinski definition) is 1. The Balaban J connectivity index is 1.96. The fraction of sp³-hybridized carbons (Fsp3) is 0.625. The summed E-state index contributed by atoms with van der Waals surface area (Å²) >= 11 is 2.05. The highest BCUT2D eigenvalue weighted by Gasteiger charge is 2.28. The van der Waals surface area contributed by atoms with Crippen molar-refractivity contribution in [3.05, 3.63) is 23.8 Å². The first-order valence-electron chi connectivity index (χ1n) is 7.06. The van der Waals surface area contributed by atoms with Crippen LogP contribution in [0.15, 0.2) is 18.2 Å². The molecule has 1 saturated heterocycles. The summed E-state index contributed by atoms with van der Waals surface area (Å²) in [6.07, 6.45) is 1.23. The van der Waals surface area contributed by atoms with E-state index in [1.807, 2.05) is 23.9 Å². The van der Waals surface area contributed by atoms with Gasteiger partial charge in [0.2, 0.25) is 0 Å². The number of thioether (sulfide) groups is 1. The Hall–Kier alpha value is -0.870. The zero-order chi connectivity index (χ0) is 14.6. The van der Waals surface area contributed by atoms with Crippen molar-refractivity contribution < 1.29 is 9.47 Å². The molecule has 1 aromatic rings. The summed E-state index contributed by atoms with van der Waals surface area (Å²) in [4.78, 5) is 0. The van der Waals surface area contributed by atoms with Crippen LogP contribution in [0.4, 0.5) is 0 Å². The molecule has 0 aromatic heterocycles. The van der Waals surface area contributed by atoms with Gasteiger partial charge in [-0.2, -0.15) is 11.8 Å². The van der Waals surface area contributed by atoms with Crippen LogP contribution in [0.2, 0.25) is 0 Å². The van der Waals surface area contributed by atoms with Gasteiger partial charge in [0.15, 0.2) is 0 Å². The SMILES string of the molecule is COc1ccc(CNC2CSCC(C)(C)C2)c(OC)c1. The maximum absolute atomic E-state index is 5.44. The molecule has 1 aromatic carbocycles. The van der Waals surface area contributed by atoms with Gasteiger partial charge in [0.25, 0.3) is 0 Å². The average Bonchev–Trinajstić information content (AvgIpc) is 2.44. The summed E-state index contributed by atoms with van der Waals surface area (Å²) in [5.41, 5.74) is 1.62. The van der Waals surface area contributed by atoms with Crippen LogP contribution in [0.25, 0.3) is 0 Å². The third-order valence-electron chi connectivity index (χ3n) is 3.69. The van der Waals surface area contributed by atoms with Crippen LogP contribution in [0.5, 0.6) is 11.5 Å². The molecule has 0 spiro atoms. The Morgan fingerprint density at radius 1 is 1.30 bits per heavy atom. The van der Waals surface area contributed by atoms with E-state index in [-0.39, 0.29) is 0 Å². The second-order valence-corrected chi connectivity index (χ2v) is 7.17. The molecule has 112 valence electrons. The highest BCUT2D eigenvalue weighted by molar-refractivity contribution is 7.99. The molecule has 0 aliphatic carbocycles. The number of nitrogens with one attached hydrogen (secondary N) is 1. The molecule has 1 aliphatic heterocycles. The quantitative estimate of drug-likeness (QED) is 0.902. The molecule has 3 nitrogen and oxygen atoms in total. The van der Waals surface area contributed by atoms with Crippen molar-refractivity contribution in [3.8, 4) is 11.5 Å². The van der Waals surface area contributed by atoms with Gasteiger partial charge in [0.1, 0.15) is 11.5 Å². The van der Waals surface area contributed by atoms with Crippen LogP contribution in [0.3, 0.4) is 0 Å². The van der Waals surface area contributed by atoms with E-state index in [2.05, 4.69) is 25.2 Å². The Labute approximate surface area is 126 Å². The van der Waals surface area contributed by atoms with Gasteiger partial charge in [0, 0.05) is 30.0 Å². The summed E-state index contributed by atoms with van der Waals surface area (Å²) in [5, 5.41) is 3.66. The number of rotatable bonds is 5. The molecule has 2 rings (SSSR count). The predicted molar refractivity (Wildman–Crippen MR) is 85.9 cm³/mol. The van der Waals surface area contributed by atoms with E-state index in [0.29, 0.717) is 11.5 Å². The summed E-state index contributed by atoms with van der Waals surface area (Å²) < 4.78 is 10.7. The monoisotopic (exact) mass is 295 g/mol. The minimum absolute atomic E-state index is 0.435. The van der Waals surface area contributed by atoms with E-state index in [1.165, 1.54) is 23.5 Å². The molecule has 1 fully saturated rings. The summed E-state index contributed by atoms with van der Waals surface area (Å²) in [5.74, 6) is 4.18. The van der Waals surface area contributed by atoms with Crippen LogP contribution < -0.4 is 14.8 Å². The van der Waals surface area contributed by atoms with Crippen LogP contribution in [0.1, 0.15) is 25.8 Å². The molecule has 20 heavy (non-hydrogen) atoms. The first kappa shape index (κ1) is 15.5. The van der Waals surface area contributed by atoms with E-state index < -0.39 is 0 Å². The molecule has 0 radical (unpaired) electrons. The summed E-state index contributed by atoms with van der Waals surface area (Å²) in [6.45, 7) is 5.54. The van der Waals surface area contributed by atoms with E-state index in [4.69, 9.17) is 9.47 Å². The molecular weight excluding hydrogens is 270 g/mol. The predicted octanol–water partition coefficient (Wildman–Crippen LogP) is 3.33. The van der Waals surface area contributed by atoms with Crippen molar-refractivity contribution in [1.82, 2.24) is 5.32 Å². The normalized spacial score (nSPS) is 21.5. The largest absolute Gasteiger partial charge is 0.497 e. The van der Waals surface area contributed by atoms with E-state index in [1.54, 1.807) is 14.2 Å². The number of hydrogen-bond acceptors (Lipinski definition) is 4. The topological polar surface area (TPSA) is 30.5 Å². The fourth-order valence-corrected chi connectivity index (χ4v) is 3.95. The minimum atomic E-state index is 0.435. The summed E-state index contributed by atoms with van der Waals surface area (Å²) in [6, 6.07) is 6.58. The van der Waals surface area contributed by atoms with Crippen molar-refractivity contribution in [2.45, 2.75) is 32.9 Å². The molecule has 0 amide bonds. The lowest BCUT2D eigenvalue weighted by molar-refractivity contribution is 0.316. The van der Waals surface area contributed by atoms with Crippen LogP contribution in [-0.4, -0.2) is 31.8 Å². The lowest BCUT2D eigenvalue weighted by Gasteiger charge is -2.35. The number of benzene rings is 1.